The average Bonchev–Trinajstić information content (AvgIpc) is 2.44. The minimum Gasteiger partial charge on any atom is -0.474 e. The molecule has 0 spiro atoms. The van der Waals surface area contributed by atoms with Crippen LogP contribution >= 0.6 is 15.9 Å². The SMILES string of the molecule is CCCNCc1cc(Br)cnc1OC1CCC(C)CC1. The molecule has 2 rings (SSSR count). The molecular weight excluding hydrogens is 316 g/mol. The number of halogens is 1. The van der Waals surface area contributed by atoms with Gasteiger partial charge in [0.15, 0.2) is 0 Å². The van der Waals surface area contributed by atoms with E-state index in [4.69, 9.17) is 4.74 Å². The number of hydrogen-bond acceptors (Lipinski definition) is 3. The summed E-state index contributed by atoms with van der Waals surface area (Å²) in [4.78, 5) is 4.46. The van der Waals surface area contributed by atoms with E-state index in [1.807, 2.05) is 6.20 Å². The van der Waals surface area contributed by atoms with Gasteiger partial charge in [-0.15, -0.1) is 0 Å². The fourth-order valence-corrected chi connectivity index (χ4v) is 2.99. The highest BCUT2D eigenvalue weighted by Crippen LogP contribution is 2.28. The number of nitrogens with zero attached hydrogens (tertiary/aromatic N) is 1. The molecule has 0 bridgehead atoms. The van der Waals surface area contributed by atoms with Gasteiger partial charge in [0, 0.05) is 22.8 Å². The van der Waals surface area contributed by atoms with Crippen molar-refractivity contribution in [3.05, 3.63) is 22.3 Å². The summed E-state index contributed by atoms with van der Waals surface area (Å²) in [7, 11) is 0. The van der Waals surface area contributed by atoms with Crippen molar-refractivity contribution < 1.29 is 4.74 Å². The molecule has 0 amide bonds. The van der Waals surface area contributed by atoms with Crippen molar-refractivity contribution in [3.8, 4) is 5.88 Å². The molecule has 0 atom stereocenters. The van der Waals surface area contributed by atoms with Crippen molar-refractivity contribution in [3.63, 3.8) is 0 Å². The maximum absolute atomic E-state index is 6.15. The highest BCUT2D eigenvalue weighted by atomic mass is 79.9. The van der Waals surface area contributed by atoms with Crippen molar-refractivity contribution in [1.82, 2.24) is 10.3 Å². The first-order chi connectivity index (χ1) is 9.69. The Bertz CT molecular complexity index is 417. The van der Waals surface area contributed by atoms with Crippen LogP contribution in [0.25, 0.3) is 0 Å². The highest BCUT2D eigenvalue weighted by Gasteiger charge is 2.21. The van der Waals surface area contributed by atoms with Crippen molar-refractivity contribution in [2.24, 2.45) is 5.92 Å². The molecule has 1 aromatic heterocycles. The van der Waals surface area contributed by atoms with Crippen molar-refractivity contribution >= 4 is 15.9 Å². The molecule has 0 aliphatic heterocycles. The predicted octanol–water partition coefficient (Wildman–Crippen LogP) is 4.30. The van der Waals surface area contributed by atoms with Gasteiger partial charge in [-0.2, -0.15) is 0 Å². The van der Waals surface area contributed by atoms with Crippen LogP contribution in [0.1, 0.15) is 51.5 Å². The maximum Gasteiger partial charge on any atom is 0.218 e. The summed E-state index contributed by atoms with van der Waals surface area (Å²) >= 11 is 3.49. The van der Waals surface area contributed by atoms with Gasteiger partial charge >= 0.3 is 0 Å². The molecule has 1 aliphatic carbocycles. The van der Waals surface area contributed by atoms with E-state index in [1.165, 1.54) is 12.8 Å². The van der Waals surface area contributed by atoms with Crippen LogP contribution in [0.15, 0.2) is 16.7 Å². The zero-order chi connectivity index (χ0) is 14.4. The predicted molar refractivity (Wildman–Crippen MR) is 86.0 cm³/mol. The minimum atomic E-state index is 0.338. The van der Waals surface area contributed by atoms with Gasteiger partial charge in [-0.05, 0) is 66.6 Å². The molecule has 1 saturated carbocycles. The molecule has 20 heavy (non-hydrogen) atoms. The smallest absolute Gasteiger partial charge is 0.218 e. The fourth-order valence-electron chi connectivity index (χ4n) is 2.61. The van der Waals surface area contributed by atoms with Gasteiger partial charge < -0.3 is 10.1 Å². The van der Waals surface area contributed by atoms with E-state index < -0.39 is 0 Å². The number of hydrogen-bond donors (Lipinski definition) is 1. The molecule has 112 valence electrons. The van der Waals surface area contributed by atoms with Gasteiger partial charge in [-0.25, -0.2) is 4.98 Å². The Morgan fingerprint density at radius 2 is 2.10 bits per heavy atom. The van der Waals surface area contributed by atoms with E-state index in [9.17, 15) is 0 Å². The molecule has 1 heterocycles. The quantitative estimate of drug-likeness (QED) is 0.784. The van der Waals surface area contributed by atoms with Crippen LogP contribution in [0.2, 0.25) is 0 Å². The second-order valence-electron chi connectivity index (χ2n) is 5.79. The van der Waals surface area contributed by atoms with Gasteiger partial charge in [0.1, 0.15) is 6.10 Å². The van der Waals surface area contributed by atoms with E-state index in [0.29, 0.717) is 6.10 Å². The average molecular weight is 341 g/mol. The minimum absolute atomic E-state index is 0.338. The van der Waals surface area contributed by atoms with E-state index >= 15 is 0 Å². The van der Waals surface area contributed by atoms with E-state index in [-0.39, 0.29) is 0 Å². The third-order valence-corrected chi connectivity index (χ3v) is 4.31. The maximum atomic E-state index is 6.15. The summed E-state index contributed by atoms with van der Waals surface area (Å²) < 4.78 is 7.16. The van der Waals surface area contributed by atoms with Crippen molar-refractivity contribution in [2.75, 3.05) is 6.54 Å². The number of pyridine rings is 1. The van der Waals surface area contributed by atoms with E-state index in [1.54, 1.807) is 0 Å². The molecular formula is C16H25BrN2O. The number of rotatable bonds is 6. The Kier molecular flexibility index (Phi) is 6.30. The first-order valence-corrected chi connectivity index (χ1v) is 8.50. The normalized spacial score (nSPS) is 22.8. The molecule has 0 aromatic carbocycles. The monoisotopic (exact) mass is 340 g/mol. The first kappa shape index (κ1) is 15.8. The van der Waals surface area contributed by atoms with Gasteiger partial charge in [-0.3, -0.25) is 0 Å². The summed E-state index contributed by atoms with van der Waals surface area (Å²) in [6.07, 6.45) is 8.14. The van der Waals surface area contributed by atoms with Gasteiger partial charge in [0.25, 0.3) is 0 Å². The van der Waals surface area contributed by atoms with Gasteiger partial charge in [0.05, 0.1) is 0 Å². The summed E-state index contributed by atoms with van der Waals surface area (Å²) in [6.45, 7) is 6.34. The molecule has 0 saturated heterocycles. The Morgan fingerprint density at radius 1 is 1.35 bits per heavy atom. The van der Waals surface area contributed by atoms with Crippen LogP contribution in [0, 0.1) is 5.92 Å². The Hall–Kier alpha value is -0.610. The lowest BCUT2D eigenvalue weighted by atomic mass is 9.89. The van der Waals surface area contributed by atoms with Crippen LogP contribution in [-0.4, -0.2) is 17.6 Å². The number of aromatic nitrogens is 1. The van der Waals surface area contributed by atoms with Gasteiger partial charge in [-0.1, -0.05) is 13.8 Å². The fraction of sp³-hybridized carbons (Fsp3) is 0.688. The Labute approximate surface area is 130 Å². The largest absolute Gasteiger partial charge is 0.474 e. The summed E-state index contributed by atoms with van der Waals surface area (Å²) in [5.41, 5.74) is 1.14. The van der Waals surface area contributed by atoms with Crippen LogP contribution in [-0.2, 0) is 6.54 Å². The molecule has 1 aromatic rings. The lowest BCUT2D eigenvalue weighted by molar-refractivity contribution is 0.128. The van der Waals surface area contributed by atoms with Crippen LogP contribution in [0.3, 0.4) is 0 Å². The second-order valence-corrected chi connectivity index (χ2v) is 6.71. The first-order valence-electron chi connectivity index (χ1n) is 7.70. The number of ether oxygens (including phenoxy) is 1. The molecule has 3 nitrogen and oxygen atoms in total. The second kappa shape index (κ2) is 7.99. The van der Waals surface area contributed by atoms with Crippen molar-refractivity contribution in [1.29, 1.82) is 0 Å². The summed E-state index contributed by atoms with van der Waals surface area (Å²) in [6, 6.07) is 2.11. The molecule has 0 unspecified atom stereocenters. The zero-order valence-corrected chi connectivity index (χ0v) is 14.1. The Balaban J connectivity index is 1.98. The van der Waals surface area contributed by atoms with Crippen LogP contribution in [0.4, 0.5) is 0 Å². The van der Waals surface area contributed by atoms with Crippen molar-refractivity contribution in [2.45, 2.75) is 58.6 Å². The van der Waals surface area contributed by atoms with Crippen LogP contribution < -0.4 is 10.1 Å². The third-order valence-electron chi connectivity index (χ3n) is 3.88. The standard InChI is InChI=1S/C16H25BrN2O/c1-3-8-18-10-13-9-14(17)11-19-16(13)20-15-6-4-12(2)5-7-15/h9,11-12,15,18H,3-8,10H2,1-2H3. The molecule has 0 radical (unpaired) electrons. The zero-order valence-electron chi connectivity index (χ0n) is 12.5. The highest BCUT2D eigenvalue weighted by molar-refractivity contribution is 9.10. The summed E-state index contributed by atoms with van der Waals surface area (Å²) in [5.74, 6) is 1.65. The third kappa shape index (κ3) is 4.74. The molecule has 4 heteroatoms. The molecule has 1 aliphatic rings. The Morgan fingerprint density at radius 3 is 2.80 bits per heavy atom. The van der Waals surface area contributed by atoms with Crippen LogP contribution in [0.5, 0.6) is 5.88 Å². The van der Waals surface area contributed by atoms with Gasteiger partial charge in [0.2, 0.25) is 5.88 Å². The van der Waals surface area contributed by atoms with E-state index in [0.717, 1.165) is 54.2 Å². The molecule has 1 fully saturated rings. The summed E-state index contributed by atoms with van der Waals surface area (Å²) in [5, 5.41) is 3.42. The lowest BCUT2D eigenvalue weighted by Crippen LogP contribution is -2.24. The number of nitrogens with one attached hydrogen (secondary N) is 1. The lowest BCUT2D eigenvalue weighted by Gasteiger charge is -2.27. The topological polar surface area (TPSA) is 34.2 Å². The van der Waals surface area contributed by atoms with E-state index in [2.05, 4.69) is 46.1 Å². The molecule has 1 N–H and O–H groups in total.